The summed E-state index contributed by atoms with van der Waals surface area (Å²) < 4.78 is 0. The molecule has 4 rings (SSSR count). The molecule has 0 aliphatic carbocycles. The predicted molar refractivity (Wildman–Crippen MR) is 112 cm³/mol. The zero-order chi connectivity index (χ0) is 23.0. The Bertz CT molecular complexity index is 1140. The van der Waals surface area contributed by atoms with Crippen LogP contribution >= 0.6 is 23.1 Å². The Kier molecular flexibility index (Phi) is 5.79. The fourth-order valence-corrected chi connectivity index (χ4v) is 5.06. The van der Waals surface area contributed by atoms with Crippen molar-refractivity contribution in [1.82, 2.24) is 35.4 Å². The van der Waals surface area contributed by atoms with Gasteiger partial charge in [-0.05, 0) is 23.1 Å². The molecule has 2 aromatic rings. The van der Waals surface area contributed by atoms with E-state index in [0.29, 0.717) is 11.4 Å². The number of aryl methyl sites for hydroxylation is 1. The monoisotopic (exact) mass is 479 g/mol. The summed E-state index contributed by atoms with van der Waals surface area (Å²) in [5, 5.41) is 30.5. The SMILES string of the molecule is CO/N=C(/C(=O)N[C@@H]1C(=O)N2[C@H](C(=O)O)C(Cn3nnc(C)n3)=CS[C@H]12)c1csc(N)n1. The van der Waals surface area contributed by atoms with Gasteiger partial charge in [0.1, 0.15) is 24.2 Å². The summed E-state index contributed by atoms with van der Waals surface area (Å²) in [5.74, 6) is -1.99. The van der Waals surface area contributed by atoms with Crippen LogP contribution in [0.5, 0.6) is 0 Å². The highest BCUT2D eigenvalue weighted by atomic mass is 32.2. The number of carbonyl (C=O) groups excluding carboxylic acids is 2. The third kappa shape index (κ3) is 3.89. The zero-order valence-corrected chi connectivity index (χ0v) is 18.3. The Labute approximate surface area is 188 Å². The maximum absolute atomic E-state index is 12.8. The van der Waals surface area contributed by atoms with E-state index in [2.05, 4.69) is 30.9 Å². The summed E-state index contributed by atoms with van der Waals surface area (Å²) >= 11 is 2.34. The summed E-state index contributed by atoms with van der Waals surface area (Å²) in [6.45, 7) is 1.72. The Hall–Kier alpha value is -3.53. The minimum atomic E-state index is -1.21. The first kappa shape index (κ1) is 21.7. The number of carbonyl (C=O) groups is 3. The van der Waals surface area contributed by atoms with Crippen LogP contribution in [-0.2, 0) is 25.8 Å². The van der Waals surface area contributed by atoms with E-state index >= 15 is 0 Å². The lowest BCUT2D eigenvalue weighted by molar-refractivity contribution is -0.159. The van der Waals surface area contributed by atoms with Gasteiger partial charge in [-0.15, -0.1) is 33.3 Å². The minimum absolute atomic E-state index is 0.0637. The van der Waals surface area contributed by atoms with Crippen molar-refractivity contribution in [3.63, 3.8) is 0 Å². The lowest BCUT2D eigenvalue weighted by Crippen LogP contribution is -2.74. The summed E-state index contributed by atoms with van der Waals surface area (Å²) in [6, 6.07) is -2.16. The number of thioether (sulfide) groups is 1. The molecule has 0 unspecified atom stereocenters. The highest BCUT2D eigenvalue weighted by Crippen LogP contribution is 2.40. The lowest BCUT2D eigenvalue weighted by atomic mass is 9.97. The van der Waals surface area contributed by atoms with Crippen LogP contribution in [0.15, 0.2) is 21.5 Å². The number of tetrazole rings is 1. The molecule has 0 saturated carbocycles. The first-order valence-electron chi connectivity index (χ1n) is 9.07. The van der Waals surface area contributed by atoms with Gasteiger partial charge in [0.2, 0.25) is 5.91 Å². The molecule has 1 fully saturated rings. The topological polar surface area (TPSA) is 191 Å². The van der Waals surface area contributed by atoms with E-state index in [0.717, 1.165) is 11.3 Å². The van der Waals surface area contributed by atoms with Gasteiger partial charge in [0.05, 0.1) is 6.54 Å². The largest absolute Gasteiger partial charge is 0.479 e. The lowest BCUT2D eigenvalue weighted by Gasteiger charge is -2.51. The Morgan fingerprint density at radius 1 is 1.44 bits per heavy atom. The third-order valence-electron chi connectivity index (χ3n) is 4.63. The van der Waals surface area contributed by atoms with Crippen LogP contribution in [0, 0.1) is 6.92 Å². The maximum Gasteiger partial charge on any atom is 0.330 e. The number of anilines is 1. The number of rotatable bonds is 7. The molecule has 0 spiro atoms. The number of nitrogen functional groups attached to an aromatic ring is 1. The fraction of sp³-hybridized carbons (Fsp3) is 0.375. The summed E-state index contributed by atoms with van der Waals surface area (Å²) in [5.41, 5.74) is 6.09. The van der Waals surface area contributed by atoms with E-state index in [4.69, 9.17) is 10.6 Å². The van der Waals surface area contributed by atoms with Gasteiger partial charge in [-0.2, -0.15) is 4.80 Å². The van der Waals surface area contributed by atoms with Crippen molar-refractivity contribution < 1.29 is 24.3 Å². The number of carboxylic acid groups (broad SMARTS) is 1. The smallest absolute Gasteiger partial charge is 0.330 e. The Morgan fingerprint density at radius 2 is 2.22 bits per heavy atom. The number of aliphatic carboxylic acids is 1. The van der Waals surface area contributed by atoms with Gasteiger partial charge < -0.3 is 25.9 Å². The number of aromatic nitrogens is 5. The second-order valence-corrected chi connectivity index (χ2v) is 8.60. The van der Waals surface area contributed by atoms with Crippen molar-refractivity contribution in [3.05, 3.63) is 27.9 Å². The number of nitrogens with two attached hydrogens (primary N) is 1. The van der Waals surface area contributed by atoms with E-state index < -0.39 is 35.2 Å². The highest BCUT2D eigenvalue weighted by molar-refractivity contribution is 8.02. The molecule has 1 saturated heterocycles. The molecule has 0 aromatic carbocycles. The van der Waals surface area contributed by atoms with Gasteiger partial charge in [-0.1, -0.05) is 5.16 Å². The average Bonchev–Trinajstić information content (AvgIpc) is 3.37. The normalized spacial score (nSPS) is 22.6. The number of amides is 2. The molecular formula is C16H17N9O5S2. The second-order valence-electron chi connectivity index (χ2n) is 6.72. The van der Waals surface area contributed by atoms with E-state index in [1.54, 1.807) is 12.3 Å². The second kappa shape index (κ2) is 8.54. The van der Waals surface area contributed by atoms with Gasteiger partial charge in [0.25, 0.3) is 5.91 Å². The van der Waals surface area contributed by atoms with E-state index in [1.165, 1.54) is 33.9 Å². The van der Waals surface area contributed by atoms with Crippen molar-refractivity contribution in [2.75, 3.05) is 12.8 Å². The molecule has 2 aromatic heterocycles. The number of nitrogens with one attached hydrogen (secondary N) is 1. The Morgan fingerprint density at radius 3 is 2.81 bits per heavy atom. The van der Waals surface area contributed by atoms with E-state index in [9.17, 15) is 19.5 Å². The molecular weight excluding hydrogens is 462 g/mol. The van der Waals surface area contributed by atoms with E-state index in [1.807, 2.05) is 0 Å². The standard InChI is InChI=1S/C16H17N9O5S2/c1-6-20-23-24(21-6)3-7-4-31-14-10(13(27)25(14)11(7)15(28)29)19-12(26)9(22-30-2)8-5-32-16(17)18-8/h4-5,10-11,14H,3H2,1-2H3,(H2,17,18)(H,19,26)(H,28,29)/b22-9+/t10-,11+,14-/m1/s1. The number of nitrogens with zero attached hydrogens (tertiary/aromatic N) is 7. The number of fused-ring (bicyclic) bond motifs is 1. The number of carboxylic acids is 1. The van der Waals surface area contributed by atoms with Crippen molar-refractivity contribution in [1.29, 1.82) is 0 Å². The molecule has 0 radical (unpaired) electrons. The van der Waals surface area contributed by atoms with Gasteiger partial charge in [-0.25, -0.2) is 9.78 Å². The van der Waals surface area contributed by atoms with Crippen LogP contribution in [0.4, 0.5) is 5.13 Å². The number of thiazole rings is 1. The summed E-state index contributed by atoms with van der Waals surface area (Å²) in [4.78, 5) is 48.7. The molecule has 32 heavy (non-hydrogen) atoms. The maximum atomic E-state index is 12.8. The molecule has 0 bridgehead atoms. The summed E-state index contributed by atoms with van der Waals surface area (Å²) in [6.07, 6.45) is 0. The predicted octanol–water partition coefficient (Wildman–Crippen LogP) is -1.19. The zero-order valence-electron chi connectivity index (χ0n) is 16.7. The number of hydrogen-bond donors (Lipinski definition) is 3. The van der Waals surface area contributed by atoms with Crippen LogP contribution in [0.2, 0.25) is 0 Å². The number of β-lactam (4-membered cyclic amide) rings is 1. The van der Waals surface area contributed by atoms with Crippen molar-refractivity contribution >= 4 is 51.7 Å². The third-order valence-corrected chi connectivity index (χ3v) is 6.52. The average molecular weight is 480 g/mol. The molecule has 4 heterocycles. The first-order valence-corrected chi connectivity index (χ1v) is 10.9. The van der Waals surface area contributed by atoms with Crippen molar-refractivity contribution in [2.24, 2.45) is 5.16 Å². The van der Waals surface area contributed by atoms with Gasteiger partial charge >= 0.3 is 5.97 Å². The molecule has 4 N–H and O–H groups in total. The molecule has 168 valence electrons. The highest BCUT2D eigenvalue weighted by Gasteiger charge is 2.56. The van der Waals surface area contributed by atoms with Crippen molar-refractivity contribution in [2.45, 2.75) is 30.9 Å². The summed E-state index contributed by atoms with van der Waals surface area (Å²) in [7, 11) is 1.27. The van der Waals surface area contributed by atoms with Crippen LogP contribution in [-0.4, -0.2) is 83.3 Å². The molecule has 14 nitrogen and oxygen atoms in total. The quantitative estimate of drug-likeness (QED) is 0.246. The van der Waals surface area contributed by atoms with Gasteiger partial charge in [0.15, 0.2) is 22.7 Å². The number of oxime groups is 1. The van der Waals surface area contributed by atoms with Gasteiger partial charge in [-0.3, -0.25) is 9.59 Å². The molecule has 2 aliphatic rings. The van der Waals surface area contributed by atoms with Crippen LogP contribution < -0.4 is 11.1 Å². The molecule has 16 heteroatoms. The van der Waals surface area contributed by atoms with Crippen LogP contribution in [0.1, 0.15) is 11.5 Å². The van der Waals surface area contributed by atoms with Gasteiger partial charge in [0, 0.05) is 5.38 Å². The minimum Gasteiger partial charge on any atom is -0.479 e. The van der Waals surface area contributed by atoms with E-state index in [-0.39, 0.29) is 23.1 Å². The molecule has 3 atom stereocenters. The molecule has 2 aliphatic heterocycles. The molecule has 2 amide bonds. The van der Waals surface area contributed by atoms with Crippen LogP contribution in [0.25, 0.3) is 0 Å². The fourth-order valence-electron chi connectivity index (χ4n) is 3.29. The van der Waals surface area contributed by atoms with Crippen LogP contribution in [0.3, 0.4) is 0 Å². The number of hydrogen-bond acceptors (Lipinski definition) is 12. The van der Waals surface area contributed by atoms with Crippen molar-refractivity contribution in [3.8, 4) is 0 Å². The Balaban J connectivity index is 1.52. The first-order chi connectivity index (χ1) is 15.3.